The number of aryl methyl sites for hydroxylation is 1. The van der Waals surface area contributed by atoms with E-state index in [1.807, 2.05) is 35.4 Å². The second-order valence-electron chi connectivity index (χ2n) is 12.3. The smallest absolute Gasteiger partial charge is 0.254 e. The number of carbonyl (C=O) groups is 2. The minimum Gasteiger partial charge on any atom is -0.393 e. The average Bonchev–Trinajstić information content (AvgIpc) is 3.67. The summed E-state index contributed by atoms with van der Waals surface area (Å²) in [5.41, 5.74) is 3.42. The number of ketones is 1. The summed E-state index contributed by atoms with van der Waals surface area (Å²) in [6.45, 7) is 7.20. The summed E-state index contributed by atoms with van der Waals surface area (Å²) >= 11 is 1.61. The predicted molar refractivity (Wildman–Crippen MR) is 156 cm³/mol. The van der Waals surface area contributed by atoms with E-state index in [0.29, 0.717) is 24.1 Å². The van der Waals surface area contributed by atoms with Gasteiger partial charge in [0, 0.05) is 35.2 Å². The van der Waals surface area contributed by atoms with E-state index < -0.39 is 6.10 Å². The number of hydrogen-bond acceptors (Lipinski definition) is 5. The Morgan fingerprint density at radius 3 is 2.56 bits per heavy atom. The zero-order valence-electron chi connectivity index (χ0n) is 23.3. The molecule has 2 aromatic carbocycles. The fourth-order valence-electron chi connectivity index (χ4n) is 6.54. The first-order valence-corrected chi connectivity index (χ1v) is 15.2. The third-order valence-electron chi connectivity index (χ3n) is 8.63. The SMILES string of the molecule is Cc1csc([C@H]2CCCN2C(=O)c2cccc(C(=O)C[C@@H](Cc3ccccc3)[C@H](O)[C@H]3CCC(C)(C)C3)c2)n1. The van der Waals surface area contributed by atoms with Gasteiger partial charge in [0.15, 0.2) is 5.78 Å². The van der Waals surface area contributed by atoms with Crippen LogP contribution in [0.2, 0.25) is 0 Å². The molecule has 6 heteroatoms. The van der Waals surface area contributed by atoms with E-state index in [-0.39, 0.29) is 41.4 Å². The summed E-state index contributed by atoms with van der Waals surface area (Å²) in [5.74, 6) is -0.0326. The molecule has 1 aromatic heterocycles. The molecular weight excluding hydrogens is 504 g/mol. The van der Waals surface area contributed by atoms with Gasteiger partial charge in [0.25, 0.3) is 5.91 Å². The molecule has 2 aliphatic rings. The van der Waals surface area contributed by atoms with Crippen molar-refractivity contribution in [2.45, 2.75) is 77.9 Å². The normalized spacial score (nSPS) is 22.1. The van der Waals surface area contributed by atoms with E-state index in [9.17, 15) is 14.7 Å². The largest absolute Gasteiger partial charge is 0.393 e. The van der Waals surface area contributed by atoms with E-state index in [4.69, 9.17) is 0 Å². The van der Waals surface area contributed by atoms with Crippen molar-refractivity contribution in [1.82, 2.24) is 9.88 Å². The Labute approximate surface area is 236 Å². The number of aromatic nitrogens is 1. The number of hydrogen-bond donors (Lipinski definition) is 1. The van der Waals surface area contributed by atoms with Gasteiger partial charge in [-0.1, -0.05) is 56.3 Å². The lowest BCUT2D eigenvalue weighted by molar-refractivity contribution is 0.0421. The van der Waals surface area contributed by atoms with Crippen LogP contribution in [0, 0.1) is 24.2 Å². The number of carbonyl (C=O) groups excluding carboxylic acids is 2. The summed E-state index contributed by atoms with van der Waals surface area (Å²) < 4.78 is 0. The number of Topliss-reactive ketones (excluding diaryl/α,β-unsaturated/α-hetero) is 1. The van der Waals surface area contributed by atoms with Crippen LogP contribution < -0.4 is 0 Å². The van der Waals surface area contributed by atoms with Crippen molar-refractivity contribution in [2.75, 3.05) is 6.54 Å². The highest BCUT2D eigenvalue weighted by Crippen LogP contribution is 2.44. The molecule has 5 nitrogen and oxygen atoms in total. The minimum atomic E-state index is -0.534. The molecule has 0 spiro atoms. The lowest BCUT2D eigenvalue weighted by Gasteiger charge is -2.28. The summed E-state index contributed by atoms with van der Waals surface area (Å²) in [7, 11) is 0. The van der Waals surface area contributed by atoms with Gasteiger partial charge in [-0.15, -0.1) is 11.3 Å². The molecule has 2 heterocycles. The summed E-state index contributed by atoms with van der Waals surface area (Å²) in [4.78, 5) is 33.7. The van der Waals surface area contributed by atoms with E-state index in [1.54, 1.807) is 35.6 Å². The van der Waals surface area contributed by atoms with Gasteiger partial charge in [-0.25, -0.2) is 4.98 Å². The monoisotopic (exact) mass is 544 g/mol. The maximum atomic E-state index is 13.6. The Bertz CT molecular complexity index is 1300. The van der Waals surface area contributed by atoms with Crippen LogP contribution in [0.5, 0.6) is 0 Å². The number of aliphatic hydroxyl groups excluding tert-OH is 1. The minimum absolute atomic E-state index is 0.00313. The second-order valence-corrected chi connectivity index (χ2v) is 13.2. The molecule has 1 amide bonds. The van der Waals surface area contributed by atoms with Gasteiger partial charge in [-0.2, -0.15) is 0 Å². The molecule has 5 rings (SSSR count). The number of likely N-dealkylation sites (tertiary alicyclic amines) is 1. The molecular formula is C33H40N2O3S. The molecule has 2 fully saturated rings. The number of thiazole rings is 1. The molecule has 0 radical (unpaired) electrons. The molecule has 1 aliphatic carbocycles. The maximum Gasteiger partial charge on any atom is 0.254 e. The van der Waals surface area contributed by atoms with Crippen LogP contribution in [0.1, 0.15) is 95.4 Å². The highest BCUT2D eigenvalue weighted by Gasteiger charge is 2.38. The van der Waals surface area contributed by atoms with Gasteiger partial charge in [-0.3, -0.25) is 9.59 Å². The van der Waals surface area contributed by atoms with Gasteiger partial charge in [0.2, 0.25) is 0 Å². The van der Waals surface area contributed by atoms with Crippen molar-refractivity contribution >= 4 is 23.0 Å². The zero-order chi connectivity index (χ0) is 27.6. The molecule has 206 valence electrons. The van der Waals surface area contributed by atoms with Gasteiger partial charge >= 0.3 is 0 Å². The van der Waals surface area contributed by atoms with Crippen LogP contribution >= 0.6 is 11.3 Å². The number of aliphatic hydroxyl groups is 1. The van der Waals surface area contributed by atoms with Crippen LogP contribution in [0.3, 0.4) is 0 Å². The Kier molecular flexibility index (Phi) is 8.34. The van der Waals surface area contributed by atoms with Crippen molar-refractivity contribution in [3.63, 3.8) is 0 Å². The number of amides is 1. The first kappa shape index (κ1) is 27.7. The van der Waals surface area contributed by atoms with Crippen molar-refractivity contribution < 1.29 is 14.7 Å². The van der Waals surface area contributed by atoms with Crippen molar-refractivity contribution in [1.29, 1.82) is 0 Å². The van der Waals surface area contributed by atoms with Crippen LogP contribution in [0.15, 0.2) is 60.0 Å². The fourth-order valence-corrected chi connectivity index (χ4v) is 7.48. The molecule has 3 aromatic rings. The van der Waals surface area contributed by atoms with Crippen LogP contribution in [-0.4, -0.2) is 39.3 Å². The fraction of sp³-hybridized carbons (Fsp3) is 0.485. The zero-order valence-corrected chi connectivity index (χ0v) is 24.1. The Morgan fingerprint density at radius 2 is 1.87 bits per heavy atom. The van der Waals surface area contributed by atoms with E-state index in [1.165, 1.54) is 0 Å². The van der Waals surface area contributed by atoms with Gasteiger partial charge in [0.05, 0.1) is 12.1 Å². The number of benzene rings is 2. The van der Waals surface area contributed by atoms with Crippen molar-refractivity contribution in [3.05, 3.63) is 87.4 Å². The lowest BCUT2D eigenvalue weighted by Crippen LogP contribution is -2.32. The Hall–Kier alpha value is -2.83. The van der Waals surface area contributed by atoms with Crippen molar-refractivity contribution in [2.24, 2.45) is 17.3 Å². The average molecular weight is 545 g/mol. The lowest BCUT2D eigenvalue weighted by atomic mass is 9.80. The molecule has 0 unspecified atom stereocenters. The second kappa shape index (κ2) is 11.7. The molecule has 4 atom stereocenters. The van der Waals surface area contributed by atoms with Gasteiger partial charge in [-0.05, 0) is 80.4 Å². The first-order chi connectivity index (χ1) is 18.7. The topological polar surface area (TPSA) is 70.5 Å². The van der Waals surface area contributed by atoms with Crippen LogP contribution in [0.4, 0.5) is 0 Å². The van der Waals surface area contributed by atoms with Crippen molar-refractivity contribution in [3.8, 4) is 0 Å². The van der Waals surface area contributed by atoms with Crippen LogP contribution in [-0.2, 0) is 6.42 Å². The van der Waals surface area contributed by atoms with Gasteiger partial charge in [0.1, 0.15) is 5.01 Å². The molecule has 1 N–H and O–H groups in total. The quantitative estimate of drug-likeness (QED) is 0.293. The standard InChI is InChI=1S/C33H40N2O3S/c1-22-21-39-31(34-22)28-13-8-16-35(28)32(38)25-12-7-11-24(18-25)29(36)19-27(17-23-9-5-4-6-10-23)30(37)26-14-15-33(2,3)20-26/h4-7,9-12,18,21,26-28,30,37H,8,13-17,19-20H2,1-3H3/t26-,27+,28+,30+/m0/s1. The van der Waals surface area contributed by atoms with E-state index in [2.05, 4.69) is 31.0 Å². The Morgan fingerprint density at radius 1 is 1.10 bits per heavy atom. The maximum absolute atomic E-state index is 13.6. The summed E-state index contributed by atoms with van der Waals surface area (Å²) in [5, 5.41) is 14.5. The van der Waals surface area contributed by atoms with E-state index in [0.717, 1.165) is 48.4 Å². The molecule has 1 saturated carbocycles. The number of nitrogens with zero attached hydrogens (tertiary/aromatic N) is 2. The van der Waals surface area contributed by atoms with Crippen LogP contribution in [0.25, 0.3) is 0 Å². The highest BCUT2D eigenvalue weighted by molar-refractivity contribution is 7.09. The van der Waals surface area contributed by atoms with E-state index >= 15 is 0 Å². The summed E-state index contributed by atoms with van der Waals surface area (Å²) in [6.07, 6.45) is 5.32. The summed E-state index contributed by atoms with van der Waals surface area (Å²) in [6, 6.07) is 17.3. The van der Waals surface area contributed by atoms with Gasteiger partial charge < -0.3 is 10.0 Å². The predicted octanol–water partition coefficient (Wildman–Crippen LogP) is 7.05. The number of rotatable bonds is 9. The highest BCUT2D eigenvalue weighted by atomic mass is 32.1. The molecule has 1 aliphatic heterocycles. The molecule has 0 bridgehead atoms. The molecule has 1 saturated heterocycles. The molecule has 39 heavy (non-hydrogen) atoms. The first-order valence-electron chi connectivity index (χ1n) is 14.3. The Balaban J connectivity index is 1.33. The third kappa shape index (κ3) is 6.50. The third-order valence-corrected chi connectivity index (χ3v) is 9.69.